The number of hydrazine groups is 1. The zero-order chi connectivity index (χ0) is 21.2. The van der Waals surface area contributed by atoms with Gasteiger partial charge in [-0.3, -0.25) is 25.2 Å². The fourth-order valence-electron chi connectivity index (χ4n) is 3.85. The molecule has 5 rings (SSSR count). The number of ether oxygens (including phenoxy) is 2. The summed E-state index contributed by atoms with van der Waals surface area (Å²) in [6.07, 6.45) is -0.175. The van der Waals surface area contributed by atoms with Crippen LogP contribution in [0.2, 0.25) is 0 Å². The van der Waals surface area contributed by atoms with Gasteiger partial charge in [0.1, 0.15) is 18.7 Å². The first kappa shape index (κ1) is 20.1. The molecule has 2 saturated heterocycles. The maximum Gasteiger partial charge on any atom is 0.236 e. The van der Waals surface area contributed by atoms with Crippen LogP contribution < -0.4 is 35.9 Å². The van der Waals surface area contributed by atoms with Crippen molar-refractivity contribution < 1.29 is 19.1 Å². The van der Waals surface area contributed by atoms with E-state index in [-0.39, 0.29) is 35.1 Å². The minimum Gasteiger partial charge on any atom is -0.486 e. The van der Waals surface area contributed by atoms with E-state index in [1.54, 1.807) is 23.1 Å². The van der Waals surface area contributed by atoms with Gasteiger partial charge in [-0.2, -0.15) is 0 Å². The molecule has 3 aliphatic rings. The second kappa shape index (κ2) is 8.75. The topological polar surface area (TPSA) is 104 Å². The highest BCUT2D eigenvalue weighted by Crippen LogP contribution is 2.33. The number of amides is 2. The molecular formula is C21H23N5O4S. The number of anilines is 2. The first-order valence-corrected chi connectivity index (χ1v) is 11.2. The molecular weight excluding hydrogens is 418 g/mol. The fraction of sp³-hybridized carbons (Fsp3) is 0.333. The smallest absolute Gasteiger partial charge is 0.236 e. The predicted molar refractivity (Wildman–Crippen MR) is 118 cm³/mol. The Bertz CT molecular complexity index is 975. The number of benzene rings is 2. The van der Waals surface area contributed by atoms with Gasteiger partial charge in [-0.25, -0.2) is 5.43 Å². The van der Waals surface area contributed by atoms with Gasteiger partial charge in [0, 0.05) is 24.0 Å². The van der Waals surface area contributed by atoms with Crippen molar-refractivity contribution in [2.75, 3.05) is 35.7 Å². The van der Waals surface area contributed by atoms with Crippen LogP contribution in [0.4, 0.5) is 11.4 Å². The zero-order valence-electron chi connectivity index (χ0n) is 16.7. The molecule has 9 nitrogen and oxygen atoms in total. The highest BCUT2D eigenvalue weighted by atomic mass is 32.2. The normalized spacial score (nSPS) is 24.6. The van der Waals surface area contributed by atoms with Crippen molar-refractivity contribution in [2.45, 2.75) is 11.7 Å². The first-order chi connectivity index (χ1) is 15.2. The number of para-hydroxylation sites is 1. The van der Waals surface area contributed by atoms with Crippen LogP contribution in [0, 0.1) is 5.92 Å². The molecule has 2 aromatic rings. The Kier molecular flexibility index (Phi) is 5.68. The zero-order valence-corrected chi connectivity index (χ0v) is 17.5. The number of thioether (sulfide) groups is 1. The van der Waals surface area contributed by atoms with E-state index in [4.69, 9.17) is 9.47 Å². The molecule has 31 heavy (non-hydrogen) atoms. The maximum absolute atomic E-state index is 13.2. The summed E-state index contributed by atoms with van der Waals surface area (Å²) < 4.78 is 11.1. The molecule has 0 spiro atoms. The highest BCUT2D eigenvalue weighted by molar-refractivity contribution is 8.00. The molecule has 0 saturated carbocycles. The molecule has 0 aromatic heterocycles. The van der Waals surface area contributed by atoms with Crippen molar-refractivity contribution in [3.05, 3.63) is 48.5 Å². The number of nitrogens with zero attached hydrogens (tertiary/aromatic N) is 1. The molecule has 4 N–H and O–H groups in total. The molecule has 2 aromatic carbocycles. The van der Waals surface area contributed by atoms with Gasteiger partial charge in [0.2, 0.25) is 11.8 Å². The van der Waals surface area contributed by atoms with E-state index in [0.29, 0.717) is 36.9 Å². The summed E-state index contributed by atoms with van der Waals surface area (Å²) in [6.45, 7) is 1.57. The molecule has 0 radical (unpaired) electrons. The Morgan fingerprint density at radius 1 is 1.13 bits per heavy atom. The third-order valence-corrected chi connectivity index (χ3v) is 6.42. The molecule has 3 aliphatic heterocycles. The second-order valence-corrected chi connectivity index (χ2v) is 8.46. The van der Waals surface area contributed by atoms with Gasteiger partial charge in [0.15, 0.2) is 11.5 Å². The number of carbonyl (C=O) groups is 2. The summed E-state index contributed by atoms with van der Waals surface area (Å²) in [5, 5.41) is 6.32. The number of nitrogens with one attached hydrogen (secondary N) is 4. The maximum atomic E-state index is 13.2. The van der Waals surface area contributed by atoms with Gasteiger partial charge < -0.3 is 14.8 Å². The van der Waals surface area contributed by atoms with E-state index in [1.807, 2.05) is 30.3 Å². The summed E-state index contributed by atoms with van der Waals surface area (Å²) in [5.41, 5.74) is 7.20. The van der Waals surface area contributed by atoms with Crippen molar-refractivity contribution in [1.29, 1.82) is 0 Å². The number of hydrogen-bond acceptors (Lipinski definition) is 8. The van der Waals surface area contributed by atoms with Crippen molar-refractivity contribution in [2.24, 2.45) is 5.92 Å². The number of carbonyl (C=O) groups excluding carboxylic acids is 2. The molecule has 2 fully saturated rings. The fourth-order valence-corrected chi connectivity index (χ4v) is 4.85. The van der Waals surface area contributed by atoms with Crippen molar-refractivity contribution in [1.82, 2.24) is 16.2 Å². The molecule has 162 valence electrons. The van der Waals surface area contributed by atoms with E-state index in [0.717, 1.165) is 5.69 Å². The van der Waals surface area contributed by atoms with Crippen LogP contribution in [-0.4, -0.2) is 49.0 Å². The Balaban J connectivity index is 1.26. The minimum absolute atomic E-state index is 0.0252. The van der Waals surface area contributed by atoms with Crippen molar-refractivity contribution >= 4 is 35.0 Å². The predicted octanol–water partition coefficient (Wildman–Crippen LogP) is 1.10. The average molecular weight is 442 g/mol. The quantitative estimate of drug-likeness (QED) is 0.547. The molecule has 3 atom stereocenters. The molecule has 0 bridgehead atoms. The minimum atomic E-state index is -0.380. The van der Waals surface area contributed by atoms with E-state index in [9.17, 15) is 9.59 Å². The van der Waals surface area contributed by atoms with Crippen molar-refractivity contribution in [3.63, 3.8) is 0 Å². The van der Waals surface area contributed by atoms with Crippen LogP contribution in [0.15, 0.2) is 48.5 Å². The lowest BCUT2D eigenvalue weighted by Gasteiger charge is -2.41. The summed E-state index contributed by atoms with van der Waals surface area (Å²) in [4.78, 5) is 27.5. The Morgan fingerprint density at radius 3 is 2.77 bits per heavy atom. The Labute approximate surface area is 183 Å². The van der Waals surface area contributed by atoms with Crippen LogP contribution in [0.3, 0.4) is 0 Å². The third kappa shape index (κ3) is 4.19. The highest BCUT2D eigenvalue weighted by Gasteiger charge is 2.44. The SMILES string of the molecule is O=C(CSC1NC2NNCC2C(=O)N1c1ccccc1)Nc1ccc2c(c1)OCCO2. The molecule has 0 aliphatic carbocycles. The van der Waals surface area contributed by atoms with Crippen LogP contribution in [0.5, 0.6) is 11.5 Å². The van der Waals surface area contributed by atoms with Gasteiger partial charge >= 0.3 is 0 Å². The second-order valence-electron chi connectivity index (χ2n) is 7.39. The van der Waals surface area contributed by atoms with Gasteiger partial charge in [-0.1, -0.05) is 18.2 Å². The monoisotopic (exact) mass is 441 g/mol. The van der Waals surface area contributed by atoms with Crippen molar-refractivity contribution in [3.8, 4) is 11.5 Å². The summed E-state index contributed by atoms with van der Waals surface area (Å²) >= 11 is 1.37. The Hall–Kier alpha value is -2.79. The lowest BCUT2D eigenvalue weighted by molar-refractivity contribution is -0.124. The summed E-state index contributed by atoms with van der Waals surface area (Å²) in [7, 11) is 0. The van der Waals surface area contributed by atoms with E-state index < -0.39 is 0 Å². The van der Waals surface area contributed by atoms with E-state index in [1.165, 1.54) is 11.8 Å². The van der Waals surface area contributed by atoms with Crippen LogP contribution >= 0.6 is 11.8 Å². The number of rotatable bonds is 5. The third-order valence-electron chi connectivity index (χ3n) is 5.33. The average Bonchev–Trinajstić information content (AvgIpc) is 3.27. The number of hydrogen-bond donors (Lipinski definition) is 4. The largest absolute Gasteiger partial charge is 0.486 e. The van der Waals surface area contributed by atoms with Gasteiger partial charge in [-0.15, -0.1) is 11.8 Å². The van der Waals surface area contributed by atoms with Crippen LogP contribution in [-0.2, 0) is 9.59 Å². The van der Waals surface area contributed by atoms with E-state index in [2.05, 4.69) is 21.5 Å². The summed E-state index contributed by atoms with van der Waals surface area (Å²) in [6, 6.07) is 14.8. The Morgan fingerprint density at radius 2 is 1.94 bits per heavy atom. The lowest BCUT2D eigenvalue weighted by Crippen LogP contribution is -2.64. The standard InChI is InChI=1S/C21H23N5O4S/c27-18(23-13-6-7-16-17(10-13)30-9-8-29-16)12-31-21-24-19-15(11-22-25-19)20(28)26(21)14-4-2-1-3-5-14/h1-7,10,15,19,21-22,24-25H,8-9,11-12H2,(H,23,27). The van der Waals surface area contributed by atoms with Crippen LogP contribution in [0.25, 0.3) is 0 Å². The van der Waals surface area contributed by atoms with Gasteiger partial charge in [-0.05, 0) is 24.3 Å². The molecule has 2 amide bonds. The van der Waals surface area contributed by atoms with Crippen LogP contribution in [0.1, 0.15) is 0 Å². The number of fused-ring (bicyclic) bond motifs is 2. The molecule has 3 heterocycles. The van der Waals surface area contributed by atoms with Gasteiger partial charge in [0.05, 0.1) is 17.8 Å². The van der Waals surface area contributed by atoms with E-state index >= 15 is 0 Å². The van der Waals surface area contributed by atoms with Gasteiger partial charge in [0.25, 0.3) is 0 Å². The lowest BCUT2D eigenvalue weighted by atomic mass is 10.0. The first-order valence-electron chi connectivity index (χ1n) is 10.1. The summed E-state index contributed by atoms with van der Waals surface area (Å²) in [5.74, 6) is 1.13. The molecule has 3 unspecified atom stereocenters. The molecule has 10 heteroatoms.